The van der Waals surface area contributed by atoms with Crippen molar-refractivity contribution in [2.75, 3.05) is 26.7 Å². The van der Waals surface area contributed by atoms with Gasteiger partial charge in [0.1, 0.15) is 6.54 Å². The number of ether oxygens (including phenoxy) is 1. The average Bonchev–Trinajstić information content (AvgIpc) is 2.85. The molecule has 0 radical (unpaired) electrons. The van der Waals surface area contributed by atoms with Gasteiger partial charge in [0.25, 0.3) is 11.8 Å². The van der Waals surface area contributed by atoms with E-state index in [1.165, 1.54) is 31.1 Å². The van der Waals surface area contributed by atoms with E-state index >= 15 is 0 Å². The zero-order valence-electron chi connectivity index (χ0n) is 15.0. The van der Waals surface area contributed by atoms with Crippen LogP contribution in [-0.4, -0.2) is 71.4 Å². The maximum Gasteiger partial charge on any atom is 0.310 e. The molecule has 0 aromatic heterocycles. The van der Waals surface area contributed by atoms with Crippen molar-refractivity contribution in [3.8, 4) is 0 Å². The highest BCUT2D eigenvalue weighted by Crippen LogP contribution is 2.22. The van der Waals surface area contributed by atoms with Crippen LogP contribution in [0.3, 0.4) is 0 Å². The molecule has 0 spiro atoms. The zero-order chi connectivity index (χ0) is 19.4. The monoisotopic (exact) mass is 362 g/mol. The highest BCUT2D eigenvalue weighted by molar-refractivity contribution is 6.22. The molecule has 2 rings (SSSR count). The van der Waals surface area contributed by atoms with Crippen molar-refractivity contribution >= 4 is 23.7 Å². The molecule has 1 N–H and O–H groups in total. The van der Waals surface area contributed by atoms with Gasteiger partial charge < -0.3 is 14.7 Å². The van der Waals surface area contributed by atoms with E-state index in [0.717, 1.165) is 4.90 Å². The maximum absolute atomic E-state index is 12.6. The van der Waals surface area contributed by atoms with Crippen molar-refractivity contribution < 1.29 is 29.0 Å². The lowest BCUT2D eigenvalue weighted by Gasteiger charge is -2.27. The Kier molecular flexibility index (Phi) is 6.10. The van der Waals surface area contributed by atoms with Gasteiger partial charge in [-0.1, -0.05) is 19.1 Å². The molecule has 1 aliphatic heterocycles. The van der Waals surface area contributed by atoms with E-state index in [1.54, 1.807) is 19.1 Å². The number of aliphatic hydroxyl groups excluding tert-OH is 1. The van der Waals surface area contributed by atoms with Crippen LogP contribution in [-0.2, 0) is 14.3 Å². The van der Waals surface area contributed by atoms with Gasteiger partial charge in [0.2, 0.25) is 5.91 Å². The van der Waals surface area contributed by atoms with Gasteiger partial charge in [-0.05, 0) is 19.1 Å². The lowest BCUT2D eigenvalue weighted by molar-refractivity contribution is -0.146. The predicted molar refractivity (Wildman–Crippen MR) is 91.2 cm³/mol. The molecule has 0 saturated carbocycles. The third kappa shape index (κ3) is 4.08. The van der Waals surface area contributed by atoms with E-state index in [4.69, 9.17) is 0 Å². The Morgan fingerprint density at radius 3 is 2.12 bits per heavy atom. The number of hydrogen-bond donors (Lipinski definition) is 1. The van der Waals surface area contributed by atoms with Crippen LogP contribution >= 0.6 is 0 Å². The fourth-order valence-electron chi connectivity index (χ4n) is 2.82. The van der Waals surface area contributed by atoms with Crippen LogP contribution in [0.1, 0.15) is 34.6 Å². The second-order valence-corrected chi connectivity index (χ2v) is 6.31. The van der Waals surface area contributed by atoms with E-state index in [9.17, 15) is 24.3 Å². The van der Waals surface area contributed by atoms with Crippen LogP contribution in [0.15, 0.2) is 24.3 Å². The molecular weight excluding hydrogens is 340 g/mol. The number of nitrogens with zero attached hydrogens (tertiary/aromatic N) is 2. The summed E-state index contributed by atoms with van der Waals surface area (Å²) in [6, 6.07) is 6.36. The number of hydrogen-bond acceptors (Lipinski definition) is 6. The molecule has 2 atom stereocenters. The van der Waals surface area contributed by atoms with Crippen LogP contribution in [0.25, 0.3) is 0 Å². The molecule has 1 aliphatic rings. The molecule has 0 aliphatic carbocycles. The Morgan fingerprint density at radius 1 is 1.12 bits per heavy atom. The number of esters is 1. The SMILES string of the molecule is COC(=O)C(C)CN(CC(C)O)C(=O)CN1C(=O)c2ccccc2C1=O. The summed E-state index contributed by atoms with van der Waals surface area (Å²) >= 11 is 0. The van der Waals surface area contributed by atoms with E-state index in [0.29, 0.717) is 0 Å². The predicted octanol–water partition coefficient (Wildman–Crippen LogP) is 0.301. The number of imide groups is 1. The molecule has 8 heteroatoms. The summed E-state index contributed by atoms with van der Waals surface area (Å²) in [6.45, 7) is 2.64. The first kappa shape index (κ1) is 19.6. The molecule has 0 bridgehead atoms. The summed E-state index contributed by atoms with van der Waals surface area (Å²) in [5.74, 6) is -2.69. The zero-order valence-corrected chi connectivity index (χ0v) is 15.0. The Morgan fingerprint density at radius 2 is 1.65 bits per heavy atom. The van der Waals surface area contributed by atoms with Crippen molar-refractivity contribution in [1.29, 1.82) is 0 Å². The van der Waals surface area contributed by atoms with Crippen LogP contribution in [0, 0.1) is 5.92 Å². The Hall–Kier alpha value is -2.74. The van der Waals surface area contributed by atoms with Gasteiger partial charge in [0.05, 0.1) is 30.3 Å². The van der Waals surface area contributed by atoms with Crippen molar-refractivity contribution in [2.24, 2.45) is 5.92 Å². The number of amides is 3. The Labute approximate surface area is 151 Å². The number of carbonyl (C=O) groups excluding carboxylic acids is 4. The van der Waals surface area contributed by atoms with Crippen molar-refractivity contribution in [3.63, 3.8) is 0 Å². The summed E-state index contributed by atoms with van der Waals surface area (Å²) in [5.41, 5.74) is 0.519. The van der Waals surface area contributed by atoms with Crippen LogP contribution < -0.4 is 0 Å². The minimum atomic E-state index is -0.828. The number of benzene rings is 1. The van der Waals surface area contributed by atoms with Crippen LogP contribution in [0.5, 0.6) is 0 Å². The highest BCUT2D eigenvalue weighted by Gasteiger charge is 2.37. The Balaban J connectivity index is 2.13. The van der Waals surface area contributed by atoms with E-state index in [2.05, 4.69) is 4.74 Å². The quantitative estimate of drug-likeness (QED) is 0.553. The average molecular weight is 362 g/mol. The molecule has 3 amide bonds. The largest absolute Gasteiger partial charge is 0.469 e. The van der Waals surface area contributed by atoms with E-state index in [-0.39, 0.29) is 24.2 Å². The lowest BCUT2D eigenvalue weighted by Crippen LogP contribution is -2.47. The van der Waals surface area contributed by atoms with Crippen LogP contribution in [0.2, 0.25) is 0 Å². The maximum atomic E-state index is 12.6. The highest BCUT2D eigenvalue weighted by atomic mass is 16.5. The standard InChI is InChI=1S/C18H22N2O6/c1-11(18(25)26-3)8-19(9-12(2)21)15(22)10-20-16(23)13-6-4-5-7-14(13)17(20)24/h4-7,11-12,21H,8-10H2,1-3H3. The molecule has 2 unspecified atom stereocenters. The smallest absolute Gasteiger partial charge is 0.310 e. The normalized spacial score (nSPS) is 15.5. The molecule has 1 aromatic carbocycles. The molecule has 0 saturated heterocycles. The molecule has 26 heavy (non-hydrogen) atoms. The summed E-state index contributed by atoms with van der Waals surface area (Å²) in [7, 11) is 1.25. The third-order valence-corrected chi connectivity index (χ3v) is 4.11. The fraction of sp³-hybridized carbons (Fsp3) is 0.444. The number of rotatable bonds is 7. The first-order valence-corrected chi connectivity index (χ1v) is 8.25. The second-order valence-electron chi connectivity index (χ2n) is 6.31. The number of carbonyl (C=O) groups is 4. The topological polar surface area (TPSA) is 104 Å². The van der Waals surface area contributed by atoms with Gasteiger partial charge in [0.15, 0.2) is 0 Å². The molecule has 140 valence electrons. The van der Waals surface area contributed by atoms with Crippen LogP contribution in [0.4, 0.5) is 0 Å². The van der Waals surface area contributed by atoms with Crippen molar-refractivity contribution in [2.45, 2.75) is 20.0 Å². The summed E-state index contributed by atoms with van der Waals surface area (Å²) < 4.78 is 4.65. The number of methoxy groups -OCH3 is 1. The van der Waals surface area contributed by atoms with Gasteiger partial charge in [-0.25, -0.2) is 0 Å². The molecule has 1 aromatic rings. The van der Waals surface area contributed by atoms with Gasteiger partial charge in [0, 0.05) is 13.1 Å². The number of fused-ring (bicyclic) bond motifs is 1. The van der Waals surface area contributed by atoms with Crippen molar-refractivity contribution in [3.05, 3.63) is 35.4 Å². The second kappa shape index (κ2) is 8.09. The summed E-state index contributed by atoms with van der Waals surface area (Å²) in [4.78, 5) is 51.1. The van der Waals surface area contributed by atoms with Gasteiger partial charge in [-0.15, -0.1) is 0 Å². The molecule has 1 heterocycles. The summed E-state index contributed by atoms with van der Waals surface area (Å²) in [6.07, 6.45) is -0.828. The molecular formula is C18H22N2O6. The van der Waals surface area contributed by atoms with E-state index in [1.807, 2.05) is 0 Å². The lowest BCUT2D eigenvalue weighted by atomic mass is 10.1. The van der Waals surface area contributed by atoms with Gasteiger partial charge in [-0.2, -0.15) is 0 Å². The fourth-order valence-corrected chi connectivity index (χ4v) is 2.82. The van der Waals surface area contributed by atoms with E-state index < -0.39 is 42.3 Å². The third-order valence-electron chi connectivity index (χ3n) is 4.11. The first-order valence-electron chi connectivity index (χ1n) is 8.25. The molecule has 0 fully saturated rings. The van der Waals surface area contributed by atoms with Gasteiger partial charge >= 0.3 is 5.97 Å². The Bertz CT molecular complexity index is 695. The number of aliphatic hydroxyl groups is 1. The minimum Gasteiger partial charge on any atom is -0.469 e. The summed E-state index contributed by atoms with van der Waals surface area (Å²) in [5, 5.41) is 9.63. The van der Waals surface area contributed by atoms with Crippen molar-refractivity contribution in [1.82, 2.24) is 9.80 Å². The minimum absolute atomic E-state index is 0.0135. The molecule has 8 nitrogen and oxygen atoms in total. The first-order chi connectivity index (χ1) is 12.3. The van der Waals surface area contributed by atoms with Gasteiger partial charge in [-0.3, -0.25) is 24.1 Å².